The molecule has 0 aliphatic carbocycles. The molecule has 0 bridgehead atoms. The van der Waals surface area contributed by atoms with Crippen molar-refractivity contribution < 1.29 is 9.18 Å². The smallest absolute Gasteiger partial charge is 0.238 e. The minimum absolute atomic E-state index is 0.0931. The summed E-state index contributed by atoms with van der Waals surface area (Å²) in [6, 6.07) is 4.38. The number of carbonyl (C=O) groups is 1. The van der Waals surface area contributed by atoms with Gasteiger partial charge < -0.3 is 4.90 Å². The Morgan fingerprint density at radius 3 is 3.04 bits per heavy atom. The van der Waals surface area contributed by atoms with E-state index >= 15 is 0 Å². The number of hydrogen-bond acceptors (Lipinski definition) is 3. The molecule has 0 saturated heterocycles. The Hall–Kier alpha value is -1.66. The van der Waals surface area contributed by atoms with Gasteiger partial charge in [0.1, 0.15) is 23.8 Å². The molecule has 1 aliphatic heterocycles. The predicted molar refractivity (Wildman–Crippen MR) is 84.8 cm³/mol. The molecule has 1 aromatic heterocycles. The molecule has 2 heterocycles. The second-order valence-electron chi connectivity index (χ2n) is 5.40. The summed E-state index contributed by atoms with van der Waals surface area (Å²) < 4.78 is 15.9. The lowest BCUT2D eigenvalue weighted by molar-refractivity contribution is -0.132. The van der Waals surface area contributed by atoms with Gasteiger partial charge in [-0.3, -0.25) is 4.79 Å². The van der Waals surface area contributed by atoms with Crippen molar-refractivity contribution in [2.75, 3.05) is 5.88 Å². The van der Waals surface area contributed by atoms with Crippen LogP contribution in [-0.2, 0) is 24.3 Å². The Morgan fingerprint density at radius 2 is 2.30 bits per heavy atom. The van der Waals surface area contributed by atoms with Gasteiger partial charge in [-0.25, -0.2) is 14.1 Å². The van der Waals surface area contributed by atoms with E-state index in [0.717, 1.165) is 5.82 Å². The maximum absolute atomic E-state index is 14.1. The number of carbonyl (C=O) groups excluding carboxylic acids is 1. The summed E-state index contributed by atoms with van der Waals surface area (Å²) in [6.45, 7) is 0.757. The van der Waals surface area contributed by atoms with Crippen LogP contribution in [0.15, 0.2) is 24.5 Å². The first-order valence-corrected chi connectivity index (χ1v) is 8.16. The Kier molecular flexibility index (Phi) is 4.82. The normalized spacial score (nSPS) is 16.9. The van der Waals surface area contributed by atoms with E-state index in [4.69, 9.17) is 23.2 Å². The molecule has 0 spiro atoms. The third-order valence-corrected chi connectivity index (χ3v) is 4.64. The first kappa shape index (κ1) is 16.2. The van der Waals surface area contributed by atoms with E-state index in [9.17, 15) is 9.18 Å². The number of alkyl halides is 1. The van der Waals surface area contributed by atoms with Crippen LogP contribution in [0.1, 0.15) is 17.8 Å². The molecule has 23 heavy (non-hydrogen) atoms. The molecular formula is C15H15Cl2FN4O. The van der Waals surface area contributed by atoms with Crippen LogP contribution in [0.3, 0.4) is 0 Å². The lowest BCUT2D eigenvalue weighted by atomic mass is 10.0. The molecule has 1 atom stereocenters. The number of rotatable bonds is 4. The Morgan fingerprint density at radius 1 is 1.48 bits per heavy atom. The Labute approximate surface area is 143 Å². The summed E-state index contributed by atoms with van der Waals surface area (Å²) in [5, 5.41) is 4.42. The summed E-state index contributed by atoms with van der Waals surface area (Å²) in [5.41, 5.74) is 0.305. The highest BCUT2D eigenvalue weighted by atomic mass is 35.5. The van der Waals surface area contributed by atoms with Gasteiger partial charge in [-0.15, -0.1) is 11.6 Å². The second kappa shape index (κ2) is 6.84. The highest BCUT2D eigenvalue weighted by molar-refractivity contribution is 6.31. The molecule has 0 saturated carbocycles. The van der Waals surface area contributed by atoms with Crippen molar-refractivity contribution in [3.63, 3.8) is 0 Å². The SMILES string of the molecule is O=C(CCl)N(Cc1c(F)cccc1Cl)C1CCn2ncnc2C1. The van der Waals surface area contributed by atoms with Crippen LogP contribution in [-0.4, -0.2) is 37.5 Å². The molecule has 1 aliphatic rings. The van der Waals surface area contributed by atoms with E-state index in [-0.39, 0.29) is 24.4 Å². The van der Waals surface area contributed by atoms with Gasteiger partial charge in [0.15, 0.2) is 0 Å². The predicted octanol–water partition coefficient (Wildman–Crippen LogP) is 2.65. The number of benzene rings is 1. The summed E-state index contributed by atoms with van der Waals surface area (Å²) in [7, 11) is 0. The van der Waals surface area contributed by atoms with Gasteiger partial charge in [0.25, 0.3) is 0 Å². The summed E-state index contributed by atoms with van der Waals surface area (Å²) in [6.07, 6.45) is 2.78. The van der Waals surface area contributed by atoms with Crippen molar-refractivity contribution in [2.45, 2.75) is 32.0 Å². The summed E-state index contributed by atoms with van der Waals surface area (Å²) in [4.78, 5) is 18.1. The molecule has 122 valence electrons. The molecule has 0 radical (unpaired) electrons. The van der Waals surface area contributed by atoms with Crippen LogP contribution >= 0.6 is 23.2 Å². The van der Waals surface area contributed by atoms with Gasteiger partial charge in [-0.2, -0.15) is 5.10 Å². The topological polar surface area (TPSA) is 51.0 Å². The van der Waals surface area contributed by atoms with E-state index in [0.29, 0.717) is 30.0 Å². The van der Waals surface area contributed by atoms with Crippen LogP contribution in [0, 0.1) is 5.82 Å². The number of nitrogens with zero attached hydrogens (tertiary/aromatic N) is 4. The van der Waals surface area contributed by atoms with Crippen molar-refractivity contribution in [1.82, 2.24) is 19.7 Å². The molecule has 8 heteroatoms. The number of halogens is 3. The van der Waals surface area contributed by atoms with E-state index in [1.165, 1.54) is 18.5 Å². The van der Waals surface area contributed by atoms with Gasteiger partial charge in [0, 0.05) is 29.6 Å². The zero-order valence-corrected chi connectivity index (χ0v) is 13.8. The van der Waals surface area contributed by atoms with Crippen molar-refractivity contribution in [2.24, 2.45) is 0 Å². The van der Waals surface area contributed by atoms with Crippen LogP contribution < -0.4 is 0 Å². The monoisotopic (exact) mass is 356 g/mol. The third-order valence-electron chi connectivity index (χ3n) is 4.05. The summed E-state index contributed by atoms with van der Waals surface area (Å²) >= 11 is 11.8. The molecule has 3 rings (SSSR count). The third kappa shape index (κ3) is 3.33. The zero-order chi connectivity index (χ0) is 16.4. The molecule has 5 nitrogen and oxygen atoms in total. The molecule has 0 fully saturated rings. The lowest BCUT2D eigenvalue weighted by Crippen LogP contribution is -2.45. The Balaban J connectivity index is 1.86. The lowest BCUT2D eigenvalue weighted by Gasteiger charge is -2.34. The first-order valence-electron chi connectivity index (χ1n) is 7.25. The number of amides is 1. The van der Waals surface area contributed by atoms with Gasteiger partial charge in [0.2, 0.25) is 5.91 Å². The minimum atomic E-state index is -0.427. The fourth-order valence-electron chi connectivity index (χ4n) is 2.83. The van der Waals surface area contributed by atoms with Gasteiger partial charge in [0.05, 0.1) is 6.54 Å². The number of aryl methyl sites for hydroxylation is 1. The maximum atomic E-state index is 14.1. The average Bonchev–Trinajstić information content (AvgIpc) is 3.01. The molecule has 1 amide bonds. The quantitative estimate of drug-likeness (QED) is 0.791. The fourth-order valence-corrected chi connectivity index (χ4v) is 3.21. The maximum Gasteiger partial charge on any atom is 0.238 e. The second-order valence-corrected chi connectivity index (χ2v) is 6.08. The molecular weight excluding hydrogens is 342 g/mol. The first-order chi connectivity index (χ1) is 11.1. The van der Waals surface area contributed by atoms with Crippen LogP contribution in [0.4, 0.5) is 4.39 Å². The zero-order valence-electron chi connectivity index (χ0n) is 12.3. The number of fused-ring (bicyclic) bond motifs is 1. The number of aromatic nitrogens is 3. The van der Waals surface area contributed by atoms with E-state index in [1.807, 2.05) is 4.68 Å². The van der Waals surface area contributed by atoms with Gasteiger partial charge in [-0.05, 0) is 18.6 Å². The molecule has 1 unspecified atom stereocenters. The highest BCUT2D eigenvalue weighted by Crippen LogP contribution is 2.25. The Bertz CT molecular complexity index is 701. The number of hydrogen-bond donors (Lipinski definition) is 0. The van der Waals surface area contributed by atoms with Crippen molar-refractivity contribution >= 4 is 29.1 Å². The van der Waals surface area contributed by atoms with E-state index in [2.05, 4.69) is 10.1 Å². The highest BCUT2D eigenvalue weighted by Gasteiger charge is 2.29. The molecule has 2 aromatic rings. The van der Waals surface area contributed by atoms with Gasteiger partial charge in [-0.1, -0.05) is 17.7 Å². The molecule has 0 N–H and O–H groups in total. The van der Waals surface area contributed by atoms with Crippen LogP contribution in [0.5, 0.6) is 0 Å². The van der Waals surface area contributed by atoms with Gasteiger partial charge >= 0.3 is 0 Å². The van der Waals surface area contributed by atoms with E-state index < -0.39 is 5.82 Å². The minimum Gasteiger partial charge on any atom is -0.334 e. The largest absolute Gasteiger partial charge is 0.334 e. The standard InChI is InChI=1S/C15H15Cl2FN4O/c16-7-15(23)21(8-11-12(17)2-1-3-13(11)18)10-4-5-22-14(6-10)19-9-20-22/h1-3,9-10H,4-8H2. The van der Waals surface area contributed by atoms with Crippen molar-refractivity contribution in [3.05, 3.63) is 46.8 Å². The van der Waals surface area contributed by atoms with Crippen molar-refractivity contribution in [3.8, 4) is 0 Å². The van der Waals surface area contributed by atoms with Crippen molar-refractivity contribution in [1.29, 1.82) is 0 Å². The van der Waals surface area contributed by atoms with E-state index in [1.54, 1.807) is 11.0 Å². The molecule has 1 aromatic carbocycles. The van der Waals surface area contributed by atoms with Crippen LogP contribution in [0.25, 0.3) is 0 Å². The average molecular weight is 357 g/mol. The summed E-state index contributed by atoms with van der Waals surface area (Å²) in [5.74, 6) is -0.0176. The van der Waals surface area contributed by atoms with Crippen LogP contribution in [0.2, 0.25) is 5.02 Å². The fraction of sp³-hybridized carbons (Fsp3) is 0.400.